The minimum absolute atomic E-state index is 0.142. The van der Waals surface area contributed by atoms with Gasteiger partial charge in [-0.15, -0.1) is 0 Å². The average Bonchev–Trinajstić information content (AvgIpc) is 2.56. The highest BCUT2D eigenvalue weighted by molar-refractivity contribution is 5.83. The predicted octanol–water partition coefficient (Wildman–Crippen LogP) is 0.855. The number of carbonyl (C=O) groups is 2. The molecule has 0 saturated heterocycles. The van der Waals surface area contributed by atoms with Crippen LogP contribution in [0.25, 0.3) is 0 Å². The van der Waals surface area contributed by atoms with Gasteiger partial charge in [-0.05, 0) is 33.6 Å². The van der Waals surface area contributed by atoms with Crippen molar-refractivity contribution in [2.45, 2.75) is 45.3 Å². The van der Waals surface area contributed by atoms with Gasteiger partial charge in [0.15, 0.2) is 0 Å². The number of hydrogen-bond donors (Lipinski definition) is 1. The standard InChI is InChI=1S/C12H21NO4/c1-12(2,3)17-11(15)9-6-7(13)5-8(9)10(14)16-4/h7-9H,5-6,13H2,1-4H3. The first kappa shape index (κ1) is 14.0. The molecule has 5 nitrogen and oxygen atoms in total. The van der Waals surface area contributed by atoms with Crippen molar-refractivity contribution in [2.24, 2.45) is 17.6 Å². The first-order chi connectivity index (χ1) is 7.74. The minimum Gasteiger partial charge on any atom is -0.469 e. The molecule has 0 heterocycles. The fourth-order valence-electron chi connectivity index (χ4n) is 2.13. The van der Waals surface area contributed by atoms with Gasteiger partial charge in [-0.2, -0.15) is 0 Å². The molecule has 0 amide bonds. The third-order valence-electron chi connectivity index (χ3n) is 2.81. The normalized spacial score (nSPS) is 28.9. The Hall–Kier alpha value is -1.10. The molecule has 98 valence electrons. The number of rotatable bonds is 2. The molecule has 0 aromatic rings. The van der Waals surface area contributed by atoms with Gasteiger partial charge in [-0.3, -0.25) is 9.59 Å². The molecule has 3 atom stereocenters. The first-order valence-electron chi connectivity index (χ1n) is 5.81. The Morgan fingerprint density at radius 3 is 2.00 bits per heavy atom. The highest BCUT2D eigenvalue weighted by Crippen LogP contribution is 2.33. The maximum Gasteiger partial charge on any atom is 0.310 e. The largest absolute Gasteiger partial charge is 0.469 e. The average molecular weight is 243 g/mol. The summed E-state index contributed by atoms with van der Waals surface area (Å²) >= 11 is 0. The fourth-order valence-corrected chi connectivity index (χ4v) is 2.13. The van der Waals surface area contributed by atoms with Crippen molar-refractivity contribution in [1.82, 2.24) is 0 Å². The second-order valence-electron chi connectivity index (χ2n) is 5.50. The predicted molar refractivity (Wildman–Crippen MR) is 62.1 cm³/mol. The molecule has 1 saturated carbocycles. The van der Waals surface area contributed by atoms with Gasteiger partial charge < -0.3 is 15.2 Å². The second kappa shape index (κ2) is 5.04. The summed E-state index contributed by atoms with van der Waals surface area (Å²) in [6.45, 7) is 5.40. The first-order valence-corrected chi connectivity index (χ1v) is 5.81. The molecule has 0 spiro atoms. The molecule has 17 heavy (non-hydrogen) atoms. The van der Waals surface area contributed by atoms with Crippen LogP contribution in [0.1, 0.15) is 33.6 Å². The SMILES string of the molecule is COC(=O)C1CC(N)CC1C(=O)OC(C)(C)C. The fraction of sp³-hybridized carbons (Fsp3) is 0.833. The van der Waals surface area contributed by atoms with E-state index in [1.165, 1.54) is 7.11 Å². The van der Waals surface area contributed by atoms with Crippen LogP contribution in [-0.4, -0.2) is 30.7 Å². The van der Waals surface area contributed by atoms with Crippen LogP contribution in [0.4, 0.5) is 0 Å². The summed E-state index contributed by atoms with van der Waals surface area (Å²) in [4.78, 5) is 23.5. The van der Waals surface area contributed by atoms with Gasteiger partial charge in [0.25, 0.3) is 0 Å². The minimum atomic E-state index is -0.551. The lowest BCUT2D eigenvalue weighted by Gasteiger charge is -2.24. The van der Waals surface area contributed by atoms with Gasteiger partial charge in [0.1, 0.15) is 5.60 Å². The summed E-state index contributed by atoms with van der Waals surface area (Å²) in [6, 6.07) is -0.142. The van der Waals surface area contributed by atoms with Crippen molar-refractivity contribution in [2.75, 3.05) is 7.11 Å². The van der Waals surface area contributed by atoms with Crippen LogP contribution >= 0.6 is 0 Å². The number of esters is 2. The summed E-state index contributed by atoms with van der Waals surface area (Å²) in [7, 11) is 1.32. The highest BCUT2D eigenvalue weighted by atomic mass is 16.6. The smallest absolute Gasteiger partial charge is 0.310 e. The van der Waals surface area contributed by atoms with E-state index in [9.17, 15) is 9.59 Å². The van der Waals surface area contributed by atoms with E-state index in [-0.39, 0.29) is 18.0 Å². The van der Waals surface area contributed by atoms with Crippen molar-refractivity contribution in [3.8, 4) is 0 Å². The van der Waals surface area contributed by atoms with Gasteiger partial charge in [-0.1, -0.05) is 0 Å². The van der Waals surface area contributed by atoms with Crippen LogP contribution in [-0.2, 0) is 19.1 Å². The van der Waals surface area contributed by atoms with E-state index >= 15 is 0 Å². The number of carbonyl (C=O) groups excluding carboxylic acids is 2. The number of ether oxygens (including phenoxy) is 2. The summed E-state index contributed by atoms with van der Waals surface area (Å²) < 4.78 is 9.98. The molecule has 0 bridgehead atoms. The molecule has 5 heteroatoms. The molecule has 0 radical (unpaired) electrons. The van der Waals surface area contributed by atoms with Crippen molar-refractivity contribution in [3.63, 3.8) is 0 Å². The Morgan fingerprint density at radius 2 is 1.59 bits per heavy atom. The van der Waals surface area contributed by atoms with E-state index in [2.05, 4.69) is 0 Å². The van der Waals surface area contributed by atoms with E-state index in [1.54, 1.807) is 20.8 Å². The lowest BCUT2D eigenvalue weighted by Crippen LogP contribution is -2.33. The van der Waals surface area contributed by atoms with Gasteiger partial charge in [-0.25, -0.2) is 0 Å². The molecule has 0 aromatic carbocycles. The van der Waals surface area contributed by atoms with Gasteiger partial charge in [0.05, 0.1) is 18.9 Å². The Morgan fingerprint density at radius 1 is 1.12 bits per heavy atom. The second-order valence-corrected chi connectivity index (χ2v) is 5.50. The van der Waals surface area contributed by atoms with E-state index in [0.717, 1.165) is 0 Å². The summed E-state index contributed by atoms with van der Waals surface area (Å²) in [5.74, 6) is -1.68. The maximum absolute atomic E-state index is 12.0. The number of hydrogen-bond acceptors (Lipinski definition) is 5. The monoisotopic (exact) mass is 243 g/mol. The topological polar surface area (TPSA) is 78.6 Å². The van der Waals surface area contributed by atoms with Crippen molar-refractivity contribution >= 4 is 11.9 Å². The summed E-state index contributed by atoms with van der Waals surface area (Å²) in [5.41, 5.74) is 5.24. The van der Waals surface area contributed by atoms with Gasteiger partial charge in [0.2, 0.25) is 0 Å². The zero-order valence-corrected chi connectivity index (χ0v) is 10.9. The van der Waals surface area contributed by atoms with Gasteiger partial charge in [0, 0.05) is 6.04 Å². The van der Waals surface area contributed by atoms with Crippen LogP contribution in [0.15, 0.2) is 0 Å². The van der Waals surface area contributed by atoms with Crippen LogP contribution < -0.4 is 5.73 Å². The van der Waals surface area contributed by atoms with Crippen LogP contribution in [0.5, 0.6) is 0 Å². The molecular formula is C12H21NO4. The molecule has 3 unspecified atom stereocenters. The van der Waals surface area contributed by atoms with Crippen molar-refractivity contribution in [3.05, 3.63) is 0 Å². The molecule has 1 aliphatic rings. The van der Waals surface area contributed by atoms with Crippen LogP contribution in [0, 0.1) is 11.8 Å². The molecule has 0 aliphatic heterocycles. The Bertz CT molecular complexity index is 308. The lowest BCUT2D eigenvalue weighted by atomic mass is 9.96. The van der Waals surface area contributed by atoms with E-state index in [0.29, 0.717) is 12.8 Å². The quantitative estimate of drug-likeness (QED) is 0.727. The molecule has 1 aliphatic carbocycles. The Labute approximate surface area is 102 Å². The third kappa shape index (κ3) is 3.70. The number of methoxy groups -OCH3 is 1. The molecule has 2 N–H and O–H groups in total. The Balaban J connectivity index is 2.73. The molecule has 1 fully saturated rings. The molecule has 0 aromatic heterocycles. The van der Waals surface area contributed by atoms with Crippen molar-refractivity contribution < 1.29 is 19.1 Å². The maximum atomic E-state index is 12.0. The van der Waals surface area contributed by atoms with Gasteiger partial charge >= 0.3 is 11.9 Å². The van der Waals surface area contributed by atoms with Crippen molar-refractivity contribution in [1.29, 1.82) is 0 Å². The molecular weight excluding hydrogens is 222 g/mol. The lowest BCUT2D eigenvalue weighted by molar-refractivity contribution is -0.166. The zero-order valence-electron chi connectivity index (χ0n) is 10.9. The van der Waals surface area contributed by atoms with Crippen LogP contribution in [0.3, 0.4) is 0 Å². The zero-order chi connectivity index (χ0) is 13.2. The highest BCUT2D eigenvalue weighted by Gasteiger charge is 2.44. The summed E-state index contributed by atoms with van der Waals surface area (Å²) in [6.07, 6.45) is 0.964. The number of nitrogens with two attached hydrogens (primary N) is 1. The molecule has 1 rings (SSSR count). The summed E-state index contributed by atoms with van der Waals surface area (Å²) in [5, 5.41) is 0. The van der Waals surface area contributed by atoms with E-state index in [1.807, 2.05) is 0 Å². The van der Waals surface area contributed by atoms with E-state index in [4.69, 9.17) is 15.2 Å². The van der Waals surface area contributed by atoms with E-state index < -0.39 is 17.4 Å². The third-order valence-corrected chi connectivity index (χ3v) is 2.81. The Kier molecular flexibility index (Phi) is 4.14. The van der Waals surface area contributed by atoms with Crippen LogP contribution in [0.2, 0.25) is 0 Å².